The average molecular weight is 567 g/mol. The minimum Gasteiger partial charge on any atom is -0.756 e. The first-order valence-corrected chi connectivity index (χ1v) is 12.5. The Morgan fingerprint density at radius 2 is 1.79 bits per heavy atom. The molecule has 0 radical (unpaired) electrons. The number of aromatic amines is 1. The van der Waals surface area contributed by atoms with Crippen molar-refractivity contribution in [2.24, 2.45) is 0 Å². The van der Waals surface area contributed by atoms with Crippen molar-refractivity contribution in [3.8, 4) is 0 Å². The van der Waals surface area contributed by atoms with E-state index < -0.39 is 60.2 Å². The predicted octanol–water partition coefficient (Wildman–Crippen LogP) is -9.59. The van der Waals surface area contributed by atoms with Crippen LogP contribution in [0.2, 0.25) is 0 Å². The molecule has 0 aromatic carbocycles. The third-order valence-electron chi connectivity index (χ3n) is 3.87. The van der Waals surface area contributed by atoms with E-state index >= 15 is 0 Å². The molecule has 0 aliphatic carbocycles. The van der Waals surface area contributed by atoms with E-state index in [1.165, 1.54) is 0 Å². The minimum atomic E-state index is -5.86. The molecule has 1 aliphatic heterocycles. The van der Waals surface area contributed by atoms with E-state index in [1.54, 1.807) is 0 Å². The molecular formula is C10H14N5Na2O14P3. The van der Waals surface area contributed by atoms with Crippen molar-refractivity contribution in [2.45, 2.75) is 24.5 Å². The van der Waals surface area contributed by atoms with E-state index in [0.717, 1.165) is 10.9 Å². The molecule has 3 heterocycles. The number of rotatable bonds is 8. The van der Waals surface area contributed by atoms with E-state index in [-0.39, 0.29) is 76.2 Å². The fourth-order valence-corrected chi connectivity index (χ4v) is 5.65. The number of H-pyrrole nitrogens is 1. The van der Waals surface area contributed by atoms with Gasteiger partial charge in [-0.15, -0.1) is 0 Å². The van der Waals surface area contributed by atoms with Crippen LogP contribution in [-0.2, 0) is 31.6 Å². The first-order valence-electron chi connectivity index (χ1n) is 8.07. The number of aliphatic hydroxyl groups is 2. The number of imidazole rings is 1. The number of hydrogen-bond donors (Lipinski definition) is 6. The summed E-state index contributed by atoms with van der Waals surface area (Å²) in [6.45, 7) is -1.09. The SMILES string of the molecule is Nc1nc2c(ncn2C2OC(COP(=O)([O-])OP(=O)(O)OP(=O)([O-])O)[C@H](O)C2O)c(=O)[nH]1.[Na+].[Na+]. The van der Waals surface area contributed by atoms with Gasteiger partial charge in [-0.3, -0.25) is 23.5 Å². The van der Waals surface area contributed by atoms with E-state index in [4.69, 9.17) is 20.3 Å². The van der Waals surface area contributed by atoms with Crippen LogP contribution in [0, 0.1) is 0 Å². The summed E-state index contributed by atoms with van der Waals surface area (Å²) >= 11 is 0. The predicted molar refractivity (Wildman–Crippen MR) is 93.9 cm³/mol. The molecule has 1 saturated heterocycles. The third-order valence-corrected chi connectivity index (χ3v) is 7.61. The van der Waals surface area contributed by atoms with Gasteiger partial charge >= 0.3 is 66.9 Å². The van der Waals surface area contributed by atoms with Crippen LogP contribution in [0.4, 0.5) is 5.95 Å². The molecule has 7 atom stereocenters. The second-order valence-electron chi connectivity index (χ2n) is 6.16. The first-order chi connectivity index (χ1) is 14.6. The number of nitrogen functional groups attached to an aromatic ring is 1. The number of ether oxygens (including phenoxy) is 1. The van der Waals surface area contributed by atoms with Gasteiger partial charge in [-0.2, -0.15) is 4.98 Å². The van der Waals surface area contributed by atoms with Crippen LogP contribution in [0.15, 0.2) is 11.1 Å². The molecule has 2 aromatic heterocycles. The van der Waals surface area contributed by atoms with Crippen molar-refractivity contribution in [2.75, 3.05) is 12.3 Å². The molecule has 180 valence electrons. The molecule has 1 fully saturated rings. The average Bonchev–Trinajstić information content (AvgIpc) is 3.12. The maximum absolute atomic E-state index is 11.8. The summed E-state index contributed by atoms with van der Waals surface area (Å²) in [5, 5.41) is 20.4. The van der Waals surface area contributed by atoms with Gasteiger partial charge in [-0.05, 0) is 0 Å². The van der Waals surface area contributed by atoms with Gasteiger partial charge in [-0.1, -0.05) is 0 Å². The maximum atomic E-state index is 11.8. The number of nitrogens with zero attached hydrogens (tertiary/aromatic N) is 3. The van der Waals surface area contributed by atoms with Crippen molar-refractivity contribution in [3.05, 3.63) is 16.7 Å². The molecule has 2 aromatic rings. The van der Waals surface area contributed by atoms with Crippen LogP contribution in [-0.4, -0.2) is 64.4 Å². The normalized spacial score (nSPS) is 27.7. The topological polar surface area (TPSA) is 305 Å². The maximum Gasteiger partial charge on any atom is 1.00 e. The Morgan fingerprint density at radius 1 is 1.18 bits per heavy atom. The fourth-order valence-electron chi connectivity index (χ4n) is 2.69. The van der Waals surface area contributed by atoms with Crippen LogP contribution in [0.5, 0.6) is 0 Å². The first kappa shape index (κ1) is 32.5. The summed E-state index contributed by atoms with van der Waals surface area (Å²) in [4.78, 5) is 61.2. The molecule has 7 N–H and O–H groups in total. The van der Waals surface area contributed by atoms with E-state index in [1.807, 2.05) is 0 Å². The Hall–Kier alpha value is 0.440. The number of phosphoric ester groups is 1. The summed E-state index contributed by atoms with van der Waals surface area (Å²) in [5.41, 5.74) is 4.44. The summed E-state index contributed by atoms with van der Waals surface area (Å²) in [5.74, 6) is -0.289. The van der Waals surface area contributed by atoms with Crippen molar-refractivity contribution in [1.82, 2.24) is 19.5 Å². The Morgan fingerprint density at radius 3 is 2.38 bits per heavy atom. The summed E-state index contributed by atoms with van der Waals surface area (Å²) in [7, 11) is -17.5. The minimum absolute atomic E-state index is 0. The van der Waals surface area contributed by atoms with Crippen LogP contribution < -0.4 is 80.2 Å². The zero-order valence-electron chi connectivity index (χ0n) is 17.2. The third kappa shape index (κ3) is 7.97. The molecule has 24 heteroatoms. The molecule has 34 heavy (non-hydrogen) atoms. The molecule has 0 amide bonds. The van der Waals surface area contributed by atoms with Crippen molar-refractivity contribution in [3.63, 3.8) is 0 Å². The Bertz CT molecular complexity index is 1220. The Balaban J connectivity index is 0.00000289. The molecular weight excluding hydrogens is 553 g/mol. The van der Waals surface area contributed by atoms with Crippen molar-refractivity contribution >= 4 is 40.6 Å². The number of fused-ring (bicyclic) bond motifs is 1. The van der Waals surface area contributed by atoms with Crippen molar-refractivity contribution in [1.29, 1.82) is 0 Å². The molecule has 19 nitrogen and oxygen atoms in total. The zero-order valence-corrected chi connectivity index (χ0v) is 23.9. The van der Waals surface area contributed by atoms with Crippen LogP contribution in [0.25, 0.3) is 11.2 Å². The zero-order chi connectivity index (χ0) is 24.1. The number of anilines is 1. The van der Waals surface area contributed by atoms with Crippen LogP contribution in [0.3, 0.4) is 0 Å². The van der Waals surface area contributed by atoms with E-state index in [9.17, 15) is 38.5 Å². The summed E-state index contributed by atoms with van der Waals surface area (Å²) in [6.07, 6.45) is -5.50. The number of phosphoric acid groups is 3. The van der Waals surface area contributed by atoms with Gasteiger partial charge in [0.05, 0.1) is 12.9 Å². The molecule has 1 aliphatic rings. The van der Waals surface area contributed by atoms with Crippen molar-refractivity contribution < 1.29 is 120 Å². The fraction of sp³-hybridized carbons (Fsp3) is 0.500. The quantitative estimate of drug-likeness (QED) is 0.127. The van der Waals surface area contributed by atoms with Gasteiger partial charge in [0, 0.05) is 0 Å². The number of aromatic nitrogens is 4. The van der Waals surface area contributed by atoms with Gasteiger partial charge in [0.25, 0.3) is 21.2 Å². The van der Waals surface area contributed by atoms with E-state index in [0.29, 0.717) is 0 Å². The van der Waals surface area contributed by atoms with E-state index in [2.05, 4.69) is 28.1 Å². The number of hydrogen-bond acceptors (Lipinski definition) is 15. The summed E-state index contributed by atoms with van der Waals surface area (Å²) < 4.78 is 50.8. The van der Waals surface area contributed by atoms with Gasteiger partial charge < -0.3 is 44.8 Å². The molecule has 0 saturated carbocycles. The standard InChI is InChI=1S/C10H16N5O14P3.2Na/c11-10-13-7-4(8(18)14-10)12-2-15(7)9-6(17)5(16)3(27-9)1-26-31(22,23)29-32(24,25)28-30(19,20)21;;/h2-3,5-6,9,16-17H,1H2,(H,22,23)(H,24,25)(H2,19,20,21)(H3,11,13,14,18);;/q;2*+1/p-2/t3?,5-,6?,9?;;/m0../s1. The molecule has 0 bridgehead atoms. The smallest absolute Gasteiger partial charge is 0.756 e. The number of nitrogens with one attached hydrogen (secondary N) is 1. The van der Waals surface area contributed by atoms with Crippen LogP contribution >= 0.6 is 23.5 Å². The van der Waals surface area contributed by atoms with Gasteiger partial charge in [0.1, 0.15) is 18.3 Å². The number of nitrogens with two attached hydrogens (primary N) is 1. The van der Waals surface area contributed by atoms with Gasteiger partial charge in [0.15, 0.2) is 17.4 Å². The number of aliphatic hydroxyl groups excluding tert-OH is 2. The van der Waals surface area contributed by atoms with Gasteiger partial charge in [0.2, 0.25) is 5.95 Å². The molecule has 0 spiro atoms. The second-order valence-corrected chi connectivity index (χ2v) is 10.5. The molecule has 6 unspecified atom stereocenters. The largest absolute Gasteiger partial charge is 1.00 e. The van der Waals surface area contributed by atoms with Crippen LogP contribution in [0.1, 0.15) is 6.23 Å². The monoisotopic (exact) mass is 567 g/mol. The summed E-state index contributed by atoms with van der Waals surface area (Å²) in [6, 6.07) is 0. The Labute approximate surface area is 232 Å². The molecule has 3 rings (SSSR count). The second kappa shape index (κ2) is 11.9. The Kier molecular flexibility index (Phi) is 11.3. The van der Waals surface area contributed by atoms with Gasteiger partial charge in [-0.25, -0.2) is 18.2 Å².